The largest absolute Gasteiger partial charge is 0.422 e. The van der Waals surface area contributed by atoms with Crippen molar-refractivity contribution in [1.29, 1.82) is 0 Å². The summed E-state index contributed by atoms with van der Waals surface area (Å²) in [6.07, 6.45) is 0.903. The molecule has 2 N–H and O–H groups in total. The number of para-hydroxylation sites is 1. The van der Waals surface area contributed by atoms with E-state index in [1.54, 1.807) is 48.5 Å². The van der Waals surface area contributed by atoms with Crippen LogP contribution in [0.3, 0.4) is 0 Å². The molecule has 1 heterocycles. The first-order valence-electron chi connectivity index (χ1n) is 9.98. The summed E-state index contributed by atoms with van der Waals surface area (Å²) in [6.45, 7) is 2.05. The minimum atomic E-state index is -0.469. The fourth-order valence-electron chi connectivity index (χ4n) is 3.29. The molecule has 5 nitrogen and oxygen atoms in total. The number of benzene rings is 3. The van der Waals surface area contributed by atoms with Gasteiger partial charge in [0.25, 0.3) is 5.91 Å². The van der Waals surface area contributed by atoms with E-state index in [0.29, 0.717) is 33.0 Å². The molecule has 0 saturated heterocycles. The van der Waals surface area contributed by atoms with Crippen molar-refractivity contribution in [2.24, 2.45) is 0 Å². The standard InChI is InChI=1S/C25H19ClN2O3S/c1-2-15-7-9-16(10-8-15)23(29)28-25(32)27-18-11-12-19(21(26)14-18)20-13-17-5-3-4-6-22(17)31-24(20)30/h3-14H,2H2,1H3,(H2,27,28,29,32). The van der Waals surface area contributed by atoms with E-state index in [2.05, 4.69) is 17.6 Å². The van der Waals surface area contributed by atoms with Gasteiger partial charge in [-0.25, -0.2) is 4.79 Å². The summed E-state index contributed by atoms with van der Waals surface area (Å²) in [5.74, 6) is -0.304. The molecule has 0 atom stereocenters. The maximum absolute atomic E-state index is 12.4. The van der Waals surface area contributed by atoms with Crippen LogP contribution in [0.15, 0.2) is 82.0 Å². The lowest BCUT2D eigenvalue weighted by Crippen LogP contribution is -2.34. The maximum Gasteiger partial charge on any atom is 0.344 e. The summed E-state index contributed by atoms with van der Waals surface area (Å²) in [6, 6.07) is 21.4. The normalized spacial score (nSPS) is 10.7. The van der Waals surface area contributed by atoms with Crippen LogP contribution >= 0.6 is 23.8 Å². The van der Waals surface area contributed by atoms with E-state index in [-0.39, 0.29) is 11.0 Å². The quantitative estimate of drug-likeness (QED) is 0.296. The topological polar surface area (TPSA) is 71.3 Å². The molecule has 160 valence electrons. The van der Waals surface area contributed by atoms with Gasteiger partial charge in [0.15, 0.2) is 5.11 Å². The average Bonchev–Trinajstić information content (AvgIpc) is 2.79. The van der Waals surface area contributed by atoms with Crippen LogP contribution in [0.5, 0.6) is 0 Å². The Balaban J connectivity index is 1.49. The van der Waals surface area contributed by atoms with Gasteiger partial charge in [0.2, 0.25) is 0 Å². The van der Waals surface area contributed by atoms with E-state index in [1.807, 2.05) is 24.3 Å². The molecule has 0 radical (unpaired) electrons. The van der Waals surface area contributed by atoms with Gasteiger partial charge in [0.05, 0.1) is 10.6 Å². The maximum atomic E-state index is 12.4. The predicted octanol–water partition coefficient (Wildman–Crippen LogP) is 5.80. The lowest BCUT2D eigenvalue weighted by Gasteiger charge is -2.12. The Morgan fingerprint density at radius 2 is 1.75 bits per heavy atom. The second kappa shape index (κ2) is 9.34. The number of carbonyl (C=O) groups is 1. The van der Waals surface area contributed by atoms with Gasteiger partial charge in [-0.3, -0.25) is 10.1 Å². The summed E-state index contributed by atoms with van der Waals surface area (Å²) in [5, 5.41) is 6.89. The highest BCUT2D eigenvalue weighted by Crippen LogP contribution is 2.30. The van der Waals surface area contributed by atoms with E-state index >= 15 is 0 Å². The summed E-state index contributed by atoms with van der Waals surface area (Å²) < 4.78 is 5.40. The van der Waals surface area contributed by atoms with Crippen LogP contribution in [0.25, 0.3) is 22.1 Å². The van der Waals surface area contributed by atoms with Crippen LogP contribution in [0, 0.1) is 0 Å². The van der Waals surface area contributed by atoms with Crippen molar-refractivity contribution >= 4 is 51.5 Å². The van der Waals surface area contributed by atoms with Crippen molar-refractivity contribution in [2.75, 3.05) is 5.32 Å². The van der Waals surface area contributed by atoms with Crippen LogP contribution in [-0.4, -0.2) is 11.0 Å². The molecule has 0 unspecified atom stereocenters. The Kier molecular flexibility index (Phi) is 6.35. The molecule has 0 spiro atoms. The van der Waals surface area contributed by atoms with Crippen LogP contribution in [0.2, 0.25) is 5.02 Å². The Morgan fingerprint density at radius 3 is 2.47 bits per heavy atom. The third kappa shape index (κ3) is 4.72. The zero-order valence-electron chi connectivity index (χ0n) is 17.1. The number of rotatable bonds is 4. The third-order valence-electron chi connectivity index (χ3n) is 5.01. The fraction of sp³-hybridized carbons (Fsp3) is 0.0800. The van der Waals surface area contributed by atoms with Crippen molar-refractivity contribution in [3.63, 3.8) is 0 Å². The van der Waals surface area contributed by atoms with E-state index < -0.39 is 5.63 Å². The van der Waals surface area contributed by atoms with Gasteiger partial charge in [-0.2, -0.15) is 0 Å². The van der Waals surface area contributed by atoms with Crippen molar-refractivity contribution in [1.82, 2.24) is 5.32 Å². The van der Waals surface area contributed by atoms with E-state index in [9.17, 15) is 9.59 Å². The molecule has 4 aromatic rings. The number of nitrogens with one attached hydrogen (secondary N) is 2. The van der Waals surface area contributed by atoms with Crippen molar-refractivity contribution in [3.05, 3.63) is 99.4 Å². The molecular weight excluding hydrogens is 444 g/mol. The molecule has 0 aliphatic heterocycles. The van der Waals surface area contributed by atoms with Gasteiger partial charge in [-0.1, -0.05) is 54.9 Å². The van der Waals surface area contributed by atoms with E-state index in [0.717, 1.165) is 17.4 Å². The number of fused-ring (bicyclic) bond motifs is 1. The minimum Gasteiger partial charge on any atom is -0.422 e. The van der Waals surface area contributed by atoms with Crippen LogP contribution in [0.4, 0.5) is 5.69 Å². The van der Waals surface area contributed by atoms with E-state index in [4.69, 9.17) is 28.2 Å². The Hall–Kier alpha value is -3.48. The van der Waals surface area contributed by atoms with Crippen LogP contribution in [0.1, 0.15) is 22.8 Å². The molecular formula is C25H19ClN2O3S. The first-order valence-corrected chi connectivity index (χ1v) is 10.8. The molecule has 0 fully saturated rings. The van der Waals surface area contributed by atoms with Gasteiger partial charge in [0, 0.05) is 22.2 Å². The van der Waals surface area contributed by atoms with Crippen LogP contribution < -0.4 is 16.3 Å². The van der Waals surface area contributed by atoms with Gasteiger partial charge in [-0.05, 0) is 60.6 Å². The van der Waals surface area contributed by atoms with Gasteiger partial charge in [0.1, 0.15) is 5.58 Å². The Bertz CT molecular complexity index is 1380. The summed E-state index contributed by atoms with van der Waals surface area (Å²) in [7, 11) is 0. The first kappa shape index (κ1) is 21.7. The number of aryl methyl sites for hydroxylation is 1. The third-order valence-corrected chi connectivity index (χ3v) is 5.53. The lowest BCUT2D eigenvalue weighted by molar-refractivity contribution is 0.0977. The smallest absolute Gasteiger partial charge is 0.344 e. The summed E-state index contributed by atoms with van der Waals surface area (Å²) >= 11 is 11.7. The molecule has 32 heavy (non-hydrogen) atoms. The number of amides is 1. The zero-order chi connectivity index (χ0) is 22.7. The molecule has 0 saturated carbocycles. The number of hydrogen-bond acceptors (Lipinski definition) is 4. The SMILES string of the molecule is CCc1ccc(C(=O)NC(=S)Nc2ccc(-c3cc4ccccc4oc3=O)c(Cl)c2)cc1. The lowest BCUT2D eigenvalue weighted by atomic mass is 10.1. The fourth-order valence-corrected chi connectivity index (χ4v) is 3.78. The van der Waals surface area contributed by atoms with Gasteiger partial charge in [-0.15, -0.1) is 0 Å². The highest BCUT2D eigenvalue weighted by Gasteiger charge is 2.13. The average molecular weight is 463 g/mol. The second-order valence-corrected chi connectivity index (χ2v) is 7.95. The van der Waals surface area contributed by atoms with Gasteiger partial charge < -0.3 is 9.73 Å². The Morgan fingerprint density at radius 1 is 1.00 bits per heavy atom. The molecule has 1 amide bonds. The highest BCUT2D eigenvalue weighted by atomic mass is 35.5. The number of thiocarbonyl (C=S) groups is 1. The monoisotopic (exact) mass is 462 g/mol. The predicted molar refractivity (Wildman–Crippen MR) is 132 cm³/mol. The molecule has 1 aromatic heterocycles. The van der Waals surface area contributed by atoms with E-state index in [1.165, 1.54) is 0 Å². The van der Waals surface area contributed by atoms with Crippen molar-refractivity contribution in [2.45, 2.75) is 13.3 Å². The highest BCUT2D eigenvalue weighted by molar-refractivity contribution is 7.80. The zero-order valence-corrected chi connectivity index (χ0v) is 18.7. The molecule has 4 rings (SSSR count). The molecule has 0 aliphatic rings. The van der Waals surface area contributed by atoms with Crippen molar-refractivity contribution < 1.29 is 9.21 Å². The number of anilines is 1. The summed E-state index contributed by atoms with van der Waals surface area (Å²) in [5.41, 5.74) is 3.20. The minimum absolute atomic E-state index is 0.142. The second-order valence-electron chi connectivity index (χ2n) is 7.14. The number of halogens is 1. The Labute approximate surface area is 195 Å². The molecule has 0 aliphatic carbocycles. The van der Waals surface area contributed by atoms with Crippen LogP contribution in [-0.2, 0) is 6.42 Å². The van der Waals surface area contributed by atoms with Crippen molar-refractivity contribution in [3.8, 4) is 11.1 Å². The number of carbonyl (C=O) groups excluding carboxylic acids is 1. The molecule has 0 bridgehead atoms. The summed E-state index contributed by atoms with van der Waals surface area (Å²) in [4.78, 5) is 24.8. The molecule has 3 aromatic carbocycles. The molecule has 7 heteroatoms. The number of hydrogen-bond donors (Lipinski definition) is 2. The van der Waals surface area contributed by atoms with Gasteiger partial charge >= 0.3 is 5.63 Å². The first-order chi connectivity index (χ1) is 15.4.